The van der Waals surface area contributed by atoms with Gasteiger partial charge in [-0.1, -0.05) is 25.0 Å². The molecule has 0 unspecified atom stereocenters. The molecule has 0 aliphatic heterocycles. The lowest BCUT2D eigenvalue weighted by atomic mass is 9.89. The number of carbonyl (C=O) groups is 1. The number of ketones is 1. The summed E-state index contributed by atoms with van der Waals surface area (Å²) in [7, 11) is 0. The highest BCUT2D eigenvalue weighted by atomic mass is 19.4. The average Bonchev–Trinajstić information content (AvgIpc) is 2.77. The first-order chi connectivity index (χ1) is 8.81. The van der Waals surface area contributed by atoms with Crippen molar-refractivity contribution in [1.29, 1.82) is 0 Å². The highest BCUT2D eigenvalue weighted by Gasteiger charge is 2.36. The molecule has 1 aromatic rings. The molecule has 0 heterocycles. The number of Topliss-reactive ketones (excluding diaryl/α,β-unsaturated/α-hetero) is 1. The topological polar surface area (TPSA) is 43.1 Å². The molecule has 0 saturated heterocycles. The number of carbonyl (C=O) groups excluding carboxylic acids is 1. The molecule has 0 atom stereocenters. The minimum atomic E-state index is -4.34. The van der Waals surface area contributed by atoms with E-state index in [1.165, 1.54) is 12.1 Å². The minimum absolute atomic E-state index is 0.0789. The number of benzene rings is 1. The van der Waals surface area contributed by atoms with Crippen molar-refractivity contribution in [3.63, 3.8) is 0 Å². The summed E-state index contributed by atoms with van der Waals surface area (Å²) in [6, 6.07) is 4.69. The lowest BCUT2D eigenvalue weighted by molar-refractivity contribution is -0.137. The van der Waals surface area contributed by atoms with E-state index < -0.39 is 17.3 Å². The maximum Gasteiger partial charge on any atom is 0.416 e. The third-order valence-corrected chi connectivity index (χ3v) is 3.70. The molecule has 5 heteroatoms. The van der Waals surface area contributed by atoms with E-state index in [1.54, 1.807) is 0 Å². The van der Waals surface area contributed by atoms with Crippen molar-refractivity contribution in [1.82, 2.24) is 0 Å². The Labute approximate surface area is 109 Å². The van der Waals surface area contributed by atoms with E-state index in [-0.39, 0.29) is 12.2 Å². The third-order valence-electron chi connectivity index (χ3n) is 3.70. The monoisotopic (exact) mass is 271 g/mol. The van der Waals surface area contributed by atoms with E-state index in [1.807, 2.05) is 0 Å². The second-order valence-corrected chi connectivity index (χ2v) is 5.16. The molecule has 1 fully saturated rings. The quantitative estimate of drug-likeness (QED) is 0.918. The van der Waals surface area contributed by atoms with E-state index in [9.17, 15) is 18.0 Å². The molecule has 0 spiro atoms. The fourth-order valence-electron chi connectivity index (χ4n) is 2.46. The predicted molar refractivity (Wildman–Crippen MR) is 65.5 cm³/mol. The van der Waals surface area contributed by atoms with Crippen molar-refractivity contribution >= 4 is 5.78 Å². The van der Waals surface area contributed by atoms with Gasteiger partial charge in [-0.2, -0.15) is 13.2 Å². The van der Waals surface area contributed by atoms with Gasteiger partial charge in [0.25, 0.3) is 0 Å². The van der Waals surface area contributed by atoms with Crippen molar-refractivity contribution in [2.24, 2.45) is 5.73 Å². The fraction of sp³-hybridized carbons (Fsp3) is 0.500. The highest BCUT2D eigenvalue weighted by Crippen LogP contribution is 2.31. The zero-order chi connectivity index (χ0) is 14.1. The number of alkyl halides is 3. The van der Waals surface area contributed by atoms with Crippen LogP contribution in [0, 0.1) is 0 Å². The van der Waals surface area contributed by atoms with Crippen LogP contribution in [-0.4, -0.2) is 11.3 Å². The molecule has 0 aromatic heterocycles. The predicted octanol–water partition coefficient (Wildman–Crippen LogP) is 3.09. The van der Waals surface area contributed by atoms with Gasteiger partial charge in [-0.25, -0.2) is 0 Å². The Balaban J connectivity index is 2.06. The number of rotatable bonds is 3. The summed E-state index contributed by atoms with van der Waals surface area (Å²) >= 11 is 0. The van der Waals surface area contributed by atoms with Crippen LogP contribution in [0.4, 0.5) is 13.2 Å². The van der Waals surface area contributed by atoms with Crippen LogP contribution in [-0.2, 0) is 17.4 Å². The fourth-order valence-corrected chi connectivity index (χ4v) is 2.46. The largest absolute Gasteiger partial charge is 0.416 e. The first kappa shape index (κ1) is 14.1. The SMILES string of the molecule is NC1(C(=O)Cc2ccc(C(F)(F)F)cc2)CCCC1. The standard InChI is InChI=1S/C14H16F3NO/c15-14(16,17)11-5-3-10(4-6-11)9-12(19)13(18)7-1-2-8-13/h3-6H,1-2,7-9,18H2. The molecule has 104 valence electrons. The first-order valence-corrected chi connectivity index (χ1v) is 6.30. The molecule has 2 N–H and O–H groups in total. The number of halogens is 3. The summed E-state index contributed by atoms with van der Waals surface area (Å²) < 4.78 is 37.2. The number of hydrogen-bond donors (Lipinski definition) is 1. The average molecular weight is 271 g/mol. The van der Waals surface area contributed by atoms with Crippen LogP contribution in [0.5, 0.6) is 0 Å². The molecule has 1 aliphatic carbocycles. The van der Waals surface area contributed by atoms with E-state index >= 15 is 0 Å². The molecule has 1 aliphatic rings. The van der Waals surface area contributed by atoms with Crippen LogP contribution in [0.2, 0.25) is 0 Å². The van der Waals surface area contributed by atoms with Gasteiger partial charge in [-0.05, 0) is 30.5 Å². The Morgan fingerprint density at radius 3 is 2.16 bits per heavy atom. The third kappa shape index (κ3) is 3.15. The van der Waals surface area contributed by atoms with Crippen LogP contribution in [0.15, 0.2) is 24.3 Å². The highest BCUT2D eigenvalue weighted by molar-refractivity contribution is 5.90. The summed E-state index contributed by atoms with van der Waals surface area (Å²) in [4.78, 5) is 12.1. The number of nitrogens with two attached hydrogens (primary N) is 1. The zero-order valence-corrected chi connectivity index (χ0v) is 10.5. The summed E-state index contributed by atoms with van der Waals surface area (Å²) in [5.41, 5.74) is 5.12. The van der Waals surface area contributed by atoms with Gasteiger partial charge in [0.15, 0.2) is 5.78 Å². The van der Waals surface area contributed by atoms with Gasteiger partial charge in [0.2, 0.25) is 0 Å². The van der Waals surface area contributed by atoms with Crippen molar-refractivity contribution in [3.8, 4) is 0 Å². The zero-order valence-electron chi connectivity index (χ0n) is 10.5. The minimum Gasteiger partial charge on any atom is -0.319 e. The lowest BCUT2D eigenvalue weighted by Crippen LogP contribution is -2.46. The van der Waals surface area contributed by atoms with Gasteiger partial charge < -0.3 is 5.73 Å². The molecule has 2 nitrogen and oxygen atoms in total. The van der Waals surface area contributed by atoms with E-state index in [0.717, 1.165) is 25.0 Å². The second-order valence-electron chi connectivity index (χ2n) is 5.16. The van der Waals surface area contributed by atoms with E-state index in [0.29, 0.717) is 18.4 Å². The molecular weight excluding hydrogens is 255 g/mol. The number of hydrogen-bond acceptors (Lipinski definition) is 2. The van der Waals surface area contributed by atoms with E-state index in [4.69, 9.17) is 5.73 Å². The van der Waals surface area contributed by atoms with Gasteiger partial charge >= 0.3 is 6.18 Å². The summed E-state index contributed by atoms with van der Waals surface area (Å²) in [6.45, 7) is 0. The molecule has 1 saturated carbocycles. The first-order valence-electron chi connectivity index (χ1n) is 6.30. The molecule has 1 aromatic carbocycles. The van der Waals surface area contributed by atoms with Crippen LogP contribution in [0.3, 0.4) is 0 Å². The Bertz CT molecular complexity index is 459. The molecule has 0 radical (unpaired) electrons. The van der Waals surface area contributed by atoms with Gasteiger partial charge in [0, 0.05) is 6.42 Å². The van der Waals surface area contributed by atoms with Crippen LogP contribution < -0.4 is 5.73 Å². The van der Waals surface area contributed by atoms with Crippen molar-refractivity contribution in [3.05, 3.63) is 35.4 Å². The van der Waals surface area contributed by atoms with Gasteiger partial charge in [0.05, 0.1) is 11.1 Å². The molecule has 0 bridgehead atoms. The molecule has 2 rings (SSSR count). The smallest absolute Gasteiger partial charge is 0.319 e. The molecular formula is C14H16F3NO. The van der Waals surface area contributed by atoms with Crippen LogP contribution >= 0.6 is 0 Å². The van der Waals surface area contributed by atoms with Gasteiger partial charge in [-0.3, -0.25) is 4.79 Å². The Morgan fingerprint density at radius 2 is 1.68 bits per heavy atom. The van der Waals surface area contributed by atoms with E-state index in [2.05, 4.69) is 0 Å². The Kier molecular flexibility index (Phi) is 3.67. The summed E-state index contributed by atoms with van der Waals surface area (Å²) in [5, 5.41) is 0. The van der Waals surface area contributed by atoms with Crippen LogP contribution in [0.1, 0.15) is 36.8 Å². The summed E-state index contributed by atoms with van der Waals surface area (Å²) in [5.74, 6) is -0.0789. The maximum absolute atomic E-state index is 12.4. The normalized spacial score (nSPS) is 18.5. The Morgan fingerprint density at radius 1 is 1.16 bits per heavy atom. The van der Waals surface area contributed by atoms with Crippen molar-refractivity contribution in [2.45, 2.75) is 43.8 Å². The molecule has 0 amide bonds. The van der Waals surface area contributed by atoms with Crippen LogP contribution in [0.25, 0.3) is 0 Å². The summed E-state index contributed by atoms with van der Waals surface area (Å²) in [6.07, 6.45) is -1.01. The Hall–Kier alpha value is -1.36. The van der Waals surface area contributed by atoms with Crippen molar-refractivity contribution < 1.29 is 18.0 Å². The van der Waals surface area contributed by atoms with Gasteiger partial charge in [0.1, 0.15) is 0 Å². The maximum atomic E-state index is 12.4. The van der Waals surface area contributed by atoms with Gasteiger partial charge in [-0.15, -0.1) is 0 Å². The molecule has 19 heavy (non-hydrogen) atoms. The second kappa shape index (κ2) is 4.96. The van der Waals surface area contributed by atoms with Crippen molar-refractivity contribution in [2.75, 3.05) is 0 Å². The lowest BCUT2D eigenvalue weighted by Gasteiger charge is -2.21.